The van der Waals surface area contributed by atoms with Gasteiger partial charge >= 0.3 is 6.16 Å². The summed E-state index contributed by atoms with van der Waals surface area (Å²) in [6.45, 7) is 0. The predicted molar refractivity (Wildman–Crippen MR) is 44.4 cm³/mol. The number of halogens is 3. The summed E-state index contributed by atoms with van der Waals surface area (Å²) in [5.41, 5.74) is -0.482. The predicted octanol–water partition coefficient (Wildman–Crippen LogP) is 2.91. The van der Waals surface area contributed by atoms with Crippen LogP contribution in [0.25, 0.3) is 0 Å². The van der Waals surface area contributed by atoms with Gasteiger partial charge in [-0.15, -0.1) is 0 Å². The zero-order valence-electron chi connectivity index (χ0n) is 7.67. The fourth-order valence-corrected chi connectivity index (χ4v) is 0.867. The van der Waals surface area contributed by atoms with Crippen molar-refractivity contribution in [2.24, 2.45) is 0 Å². The molecule has 1 aromatic rings. The van der Waals surface area contributed by atoms with Crippen molar-refractivity contribution in [3.05, 3.63) is 29.6 Å². The zero-order valence-corrected chi connectivity index (χ0v) is 7.67. The second-order valence-corrected chi connectivity index (χ2v) is 2.55. The number of methoxy groups -OCH3 is 1. The highest BCUT2D eigenvalue weighted by Gasteiger charge is 2.13. The molecule has 0 N–H and O–H groups in total. The van der Waals surface area contributed by atoms with E-state index in [1.807, 2.05) is 0 Å². The van der Waals surface area contributed by atoms with Crippen molar-refractivity contribution in [2.75, 3.05) is 7.11 Å². The van der Waals surface area contributed by atoms with Gasteiger partial charge in [-0.2, -0.15) is 0 Å². The second kappa shape index (κ2) is 4.68. The van der Waals surface area contributed by atoms with E-state index in [2.05, 4.69) is 9.47 Å². The summed E-state index contributed by atoms with van der Waals surface area (Å²) in [5, 5.41) is 0. The molecule has 3 nitrogen and oxygen atoms in total. The van der Waals surface area contributed by atoms with Crippen LogP contribution in [0.4, 0.5) is 18.0 Å². The van der Waals surface area contributed by atoms with Crippen LogP contribution >= 0.6 is 0 Å². The van der Waals surface area contributed by atoms with Gasteiger partial charge in [-0.05, 0) is 18.2 Å². The van der Waals surface area contributed by atoms with Gasteiger partial charge in [-0.25, -0.2) is 18.0 Å². The molecule has 0 bridgehead atoms. The van der Waals surface area contributed by atoms with E-state index in [4.69, 9.17) is 0 Å². The summed E-state index contributed by atoms with van der Waals surface area (Å²) >= 11 is 0. The molecule has 0 unspecified atom stereocenters. The van der Waals surface area contributed by atoms with Crippen molar-refractivity contribution in [2.45, 2.75) is 6.43 Å². The molecule has 6 heteroatoms. The molecule has 82 valence electrons. The molecule has 0 aliphatic rings. The summed E-state index contributed by atoms with van der Waals surface area (Å²) in [6.07, 6.45) is -3.88. The number of ether oxygens (including phenoxy) is 2. The van der Waals surface area contributed by atoms with Crippen LogP contribution in [-0.2, 0) is 4.74 Å². The summed E-state index contributed by atoms with van der Waals surface area (Å²) < 4.78 is 45.7. The van der Waals surface area contributed by atoms with Gasteiger partial charge in [0.1, 0.15) is 0 Å². The van der Waals surface area contributed by atoms with Crippen LogP contribution in [0.3, 0.4) is 0 Å². The van der Waals surface area contributed by atoms with E-state index >= 15 is 0 Å². The molecular weight excluding hydrogens is 213 g/mol. The fraction of sp³-hybridized carbons (Fsp3) is 0.222. The lowest BCUT2D eigenvalue weighted by Crippen LogP contribution is -2.08. The van der Waals surface area contributed by atoms with E-state index in [-0.39, 0.29) is 0 Å². The average molecular weight is 220 g/mol. The quantitative estimate of drug-likeness (QED) is 0.567. The van der Waals surface area contributed by atoms with Gasteiger partial charge in [0.2, 0.25) is 0 Å². The zero-order chi connectivity index (χ0) is 11.4. The Hall–Kier alpha value is -1.72. The van der Waals surface area contributed by atoms with Crippen molar-refractivity contribution in [3.63, 3.8) is 0 Å². The topological polar surface area (TPSA) is 35.5 Å². The molecule has 0 aromatic heterocycles. The van der Waals surface area contributed by atoms with Crippen molar-refractivity contribution in [1.29, 1.82) is 0 Å². The highest BCUT2D eigenvalue weighted by Crippen LogP contribution is 2.24. The average Bonchev–Trinajstić information content (AvgIpc) is 2.20. The third kappa shape index (κ3) is 2.87. The lowest BCUT2D eigenvalue weighted by molar-refractivity contribution is 0.119. The Morgan fingerprint density at radius 3 is 2.53 bits per heavy atom. The summed E-state index contributed by atoms with van der Waals surface area (Å²) in [5.74, 6) is -1.50. The Balaban J connectivity index is 2.88. The van der Waals surface area contributed by atoms with Crippen molar-refractivity contribution < 1.29 is 27.4 Å². The smallest absolute Gasteiger partial charge is 0.437 e. The summed E-state index contributed by atoms with van der Waals surface area (Å²) in [7, 11) is 1.05. The molecule has 0 fully saturated rings. The number of alkyl halides is 2. The molecule has 0 saturated carbocycles. The van der Waals surface area contributed by atoms with Crippen LogP contribution in [0, 0.1) is 5.82 Å². The first-order chi connectivity index (χ1) is 7.04. The first kappa shape index (κ1) is 11.4. The number of rotatable bonds is 2. The van der Waals surface area contributed by atoms with Crippen LogP contribution in [0.2, 0.25) is 0 Å². The minimum atomic E-state index is -2.77. The molecule has 15 heavy (non-hydrogen) atoms. The van der Waals surface area contributed by atoms with Crippen LogP contribution in [0.15, 0.2) is 18.2 Å². The Morgan fingerprint density at radius 1 is 1.40 bits per heavy atom. The maximum atomic E-state index is 13.0. The Labute approximate surface area is 83.4 Å². The Morgan fingerprint density at radius 2 is 2.07 bits per heavy atom. The minimum absolute atomic E-state index is 0.453. The fourth-order valence-electron chi connectivity index (χ4n) is 0.867. The standard InChI is InChI=1S/C9H7F3O3/c1-14-9(13)15-7-3-2-5(8(11)12)4-6(7)10/h2-4,8H,1H3. The van der Waals surface area contributed by atoms with E-state index in [0.29, 0.717) is 6.07 Å². The molecule has 0 heterocycles. The van der Waals surface area contributed by atoms with Crippen LogP contribution in [0.5, 0.6) is 5.75 Å². The number of carbonyl (C=O) groups is 1. The third-order valence-corrected chi connectivity index (χ3v) is 1.57. The van der Waals surface area contributed by atoms with E-state index in [0.717, 1.165) is 19.2 Å². The van der Waals surface area contributed by atoms with Gasteiger partial charge in [0.05, 0.1) is 7.11 Å². The van der Waals surface area contributed by atoms with Gasteiger partial charge in [0.25, 0.3) is 6.43 Å². The number of carbonyl (C=O) groups excluding carboxylic acids is 1. The Kier molecular flexibility index (Phi) is 3.54. The third-order valence-electron chi connectivity index (χ3n) is 1.57. The SMILES string of the molecule is COC(=O)Oc1ccc(C(F)F)cc1F. The largest absolute Gasteiger partial charge is 0.513 e. The summed E-state index contributed by atoms with van der Waals surface area (Å²) in [6, 6.07) is 2.50. The first-order valence-corrected chi connectivity index (χ1v) is 3.88. The number of benzene rings is 1. The molecule has 0 aliphatic heterocycles. The molecule has 1 rings (SSSR count). The van der Waals surface area contributed by atoms with Gasteiger partial charge in [0.15, 0.2) is 11.6 Å². The molecule has 0 atom stereocenters. The lowest BCUT2D eigenvalue weighted by atomic mass is 10.2. The minimum Gasteiger partial charge on any atom is -0.437 e. The maximum Gasteiger partial charge on any atom is 0.513 e. The molecular formula is C9H7F3O3. The highest BCUT2D eigenvalue weighted by atomic mass is 19.3. The Bertz CT molecular complexity index is 366. The van der Waals surface area contributed by atoms with Gasteiger partial charge in [-0.1, -0.05) is 0 Å². The lowest BCUT2D eigenvalue weighted by Gasteiger charge is -2.05. The van der Waals surface area contributed by atoms with Crippen LogP contribution in [-0.4, -0.2) is 13.3 Å². The van der Waals surface area contributed by atoms with Crippen molar-refractivity contribution in [3.8, 4) is 5.75 Å². The van der Waals surface area contributed by atoms with E-state index in [9.17, 15) is 18.0 Å². The van der Waals surface area contributed by atoms with Crippen molar-refractivity contribution >= 4 is 6.16 Å². The molecule has 0 aliphatic carbocycles. The first-order valence-electron chi connectivity index (χ1n) is 3.88. The normalized spacial score (nSPS) is 10.2. The van der Waals surface area contributed by atoms with E-state index < -0.39 is 29.7 Å². The number of hydrogen-bond donors (Lipinski definition) is 0. The van der Waals surface area contributed by atoms with Crippen molar-refractivity contribution in [1.82, 2.24) is 0 Å². The molecule has 0 saturated heterocycles. The van der Waals surface area contributed by atoms with E-state index in [1.54, 1.807) is 0 Å². The highest BCUT2D eigenvalue weighted by molar-refractivity contribution is 5.63. The van der Waals surface area contributed by atoms with Gasteiger partial charge in [-0.3, -0.25) is 0 Å². The van der Waals surface area contributed by atoms with E-state index in [1.165, 1.54) is 0 Å². The molecule has 0 spiro atoms. The maximum absolute atomic E-state index is 13.0. The number of hydrogen-bond acceptors (Lipinski definition) is 3. The molecule has 0 amide bonds. The second-order valence-electron chi connectivity index (χ2n) is 2.55. The molecule has 1 aromatic carbocycles. The molecule has 0 radical (unpaired) electrons. The van der Waals surface area contributed by atoms with Crippen LogP contribution < -0.4 is 4.74 Å². The summed E-state index contributed by atoms with van der Waals surface area (Å²) in [4.78, 5) is 10.6. The van der Waals surface area contributed by atoms with Gasteiger partial charge in [0, 0.05) is 5.56 Å². The van der Waals surface area contributed by atoms with Gasteiger partial charge < -0.3 is 9.47 Å². The van der Waals surface area contributed by atoms with Crippen LogP contribution in [0.1, 0.15) is 12.0 Å². The monoisotopic (exact) mass is 220 g/mol.